The lowest BCUT2D eigenvalue weighted by Crippen LogP contribution is -2.30. The van der Waals surface area contributed by atoms with E-state index in [1.807, 2.05) is 26.0 Å². The van der Waals surface area contributed by atoms with E-state index in [1.165, 1.54) is 36.8 Å². The monoisotopic (exact) mass is 261 g/mol. The highest BCUT2D eigenvalue weighted by atomic mass is 16.1. The van der Waals surface area contributed by atoms with Crippen LogP contribution in [0.4, 0.5) is 0 Å². The van der Waals surface area contributed by atoms with Crippen molar-refractivity contribution in [3.05, 3.63) is 34.9 Å². The Morgan fingerprint density at radius 2 is 1.95 bits per heavy atom. The topological polar surface area (TPSA) is 29.1 Å². The molecule has 0 radical (unpaired) electrons. The molecule has 1 aromatic rings. The zero-order chi connectivity index (χ0) is 14.3. The normalized spacial score (nSPS) is 10.8. The van der Waals surface area contributed by atoms with Crippen LogP contribution in [0.5, 0.6) is 0 Å². The van der Waals surface area contributed by atoms with Gasteiger partial charge in [-0.2, -0.15) is 0 Å². The highest BCUT2D eigenvalue weighted by Gasteiger charge is 2.08. The second kappa shape index (κ2) is 7.98. The first-order chi connectivity index (χ1) is 9.04. The molecule has 0 spiro atoms. The summed E-state index contributed by atoms with van der Waals surface area (Å²) in [6.45, 7) is 8.29. The van der Waals surface area contributed by atoms with Gasteiger partial charge in [0.1, 0.15) is 0 Å². The fourth-order valence-electron chi connectivity index (χ4n) is 2.21. The van der Waals surface area contributed by atoms with Crippen LogP contribution in [-0.4, -0.2) is 11.9 Å². The molecule has 1 aromatic carbocycles. The standard InChI is InChI=1S/C17H27NO/c1-5-6-7-8-9-15-10-11-16(12-14(15)4)17(19)18-13(2)3/h10-13H,5-9H2,1-4H3,(H,18,19). The Morgan fingerprint density at radius 1 is 1.21 bits per heavy atom. The first-order valence-corrected chi connectivity index (χ1v) is 7.45. The molecule has 0 aliphatic heterocycles. The molecule has 0 aliphatic rings. The van der Waals surface area contributed by atoms with Crippen LogP contribution in [0.1, 0.15) is 67.9 Å². The molecular formula is C17H27NO. The van der Waals surface area contributed by atoms with Gasteiger partial charge < -0.3 is 5.32 Å². The molecule has 1 rings (SSSR count). The smallest absolute Gasteiger partial charge is 0.251 e. The number of benzene rings is 1. The van der Waals surface area contributed by atoms with Crippen LogP contribution in [-0.2, 0) is 6.42 Å². The van der Waals surface area contributed by atoms with Crippen molar-refractivity contribution < 1.29 is 4.79 Å². The molecule has 0 saturated carbocycles. The summed E-state index contributed by atoms with van der Waals surface area (Å²) in [5.74, 6) is 0.0237. The van der Waals surface area contributed by atoms with E-state index in [-0.39, 0.29) is 11.9 Å². The lowest BCUT2D eigenvalue weighted by atomic mass is 9.99. The van der Waals surface area contributed by atoms with Crippen LogP contribution < -0.4 is 5.32 Å². The van der Waals surface area contributed by atoms with E-state index < -0.39 is 0 Å². The van der Waals surface area contributed by atoms with Crippen molar-refractivity contribution >= 4 is 5.91 Å². The molecule has 19 heavy (non-hydrogen) atoms. The molecule has 0 fully saturated rings. The van der Waals surface area contributed by atoms with E-state index in [2.05, 4.69) is 25.2 Å². The Kier molecular flexibility index (Phi) is 6.61. The van der Waals surface area contributed by atoms with Crippen LogP contribution in [0.15, 0.2) is 18.2 Å². The van der Waals surface area contributed by atoms with Crippen molar-refractivity contribution in [1.82, 2.24) is 5.32 Å². The highest BCUT2D eigenvalue weighted by molar-refractivity contribution is 5.94. The molecule has 1 amide bonds. The van der Waals surface area contributed by atoms with Gasteiger partial charge in [-0.1, -0.05) is 32.3 Å². The lowest BCUT2D eigenvalue weighted by Gasteiger charge is -2.11. The fourth-order valence-corrected chi connectivity index (χ4v) is 2.21. The van der Waals surface area contributed by atoms with Crippen LogP contribution in [0.25, 0.3) is 0 Å². The van der Waals surface area contributed by atoms with E-state index in [9.17, 15) is 4.79 Å². The SMILES string of the molecule is CCCCCCc1ccc(C(=O)NC(C)C)cc1C. The summed E-state index contributed by atoms with van der Waals surface area (Å²) < 4.78 is 0. The Hall–Kier alpha value is -1.31. The van der Waals surface area contributed by atoms with Gasteiger partial charge in [-0.25, -0.2) is 0 Å². The van der Waals surface area contributed by atoms with E-state index in [1.54, 1.807) is 0 Å². The summed E-state index contributed by atoms with van der Waals surface area (Å²) in [4.78, 5) is 11.9. The summed E-state index contributed by atoms with van der Waals surface area (Å²) in [5, 5.41) is 2.93. The van der Waals surface area contributed by atoms with Gasteiger partial charge in [-0.15, -0.1) is 0 Å². The highest BCUT2D eigenvalue weighted by Crippen LogP contribution is 2.15. The van der Waals surface area contributed by atoms with Crippen molar-refractivity contribution in [1.29, 1.82) is 0 Å². The van der Waals surface area contributed by atoms with E-state index in [4.69, 9.17) is 0 Å². The molecule has 0 unspecified atom stereocenters. The van der Waals surface area contributed by atoms with Gasteiger partial charge in [-0.05, 0) is 56.9 Å². The average Bonchev–Trinajstić information content (AvgIpc) is 2.35. The first-order valence-electron chi connectivity index (χ1n) is 7.45. The molecule has 0 bridgehead atoms. The summed E-state index contributed by atoms with van der Waals surface area (Å²) in [6, 6.07) is 6.24. The minimum absolute atomic E-state index is 0.0237. The summed E-state index contributed by atoms with van der Waals surface area (Å²) in [5.41, 5.74) is 3.37. The molecule has 1 N–H and O–H groups in total. The first kappa shape index (κ1) is 15.7. The number of hydrogen-bond donors (Lipinski definition) is 1. The third kappa shape index (κ3) is 5.46. The lowest BCUT2D eigenvalue weighted by molar-refractivity contribution is 0.0943. The Morgan fingerprint density at radius 3 is 2.53 bits per heavy atom. The predicted molar refractivity (Wildman–Crippen MR) is 81.6 cm³/mol. The van der Waals surface area contributed by atoms with Gasteiger partial charge in [-0.3, -0.25) is 4.79 Å². The second-order valence-electron chi connectivity index (χ2n) is 5.58. The molecular weight excluding hydrogens is 234 g/mol. The maximum Gasteiger partial charge on any atom is 0.251 e. The van der Waals surface area contributed by atoms with Gasteiger partial charge in [0, 0.05) is 11.6 Å². The Balaban J connectivity index is 2.61. The number of aryl methyl sites for hydroxylation is 2. The number of carbonyl (C=O) groups excluding carboxylic acids is 1. The second-order valence-corrected chi connectivity index (χ2v) is 5.58. The number of rotatable bonds is 7. The number of nitrogens with one attached hydrogen (secondary N) is 1. The van der Waals surface area contributed by atoms with Crippen LogP contribution in [0, 0.1) is 6.92 Å². The molecule has 0 atom stereocenters. The zero-order valence-corrected chi connectivity index (χ0v) is 12.8. The maximum atomic E-state index is 11.9. The van der Waals surface area contributed by atoms with Crippen molar-refractivity contribution in [2.24, 2.45) is 0 Å². The Bertz CT molecular complexity index is 410. The van der Waals surface area contributed by atoms with E-state index >= 15 is 0 Å². The molecule has 0 aromatic heterocycles. The van der Waals surface area contributed by atoms with Gasteiger partial charge >= 0.3 is 0 Å². The molecule has 2 heteroatoms. The fraction of sp³-hybridized carbons (Fsp3) is 0.588. The predicted octanol–water partition coefficient (Wildman–Crippen LogP) is 4.26. The molecule has 0 heterocycles. The van der Waals surface area contributed by atoms with Crippen molar-refractivity contribution in [2.75, 3.05) is 0 Å². The largest absolute Gasteiger partial charge is 0.350 e. The number of hydrogen-bond acceptors (Lipinski definition) is 1. The molecule has 0 aliphatic carbocycles. The van der Waals surface area contributed by atoms with Gasteiger partial charge in [0.05, 0.1) is 0 Å². The summed E-state index contributed by atoms with van der Waals surface area (Å²) in [6.07, 6.45) is 6.25. The van der Waals surface area contributed by atoms with Crippen molar-refractivity contribution in [3.8, 4) is 0 Å². The van der Waals surface area contributed by atoms with Gasteiger partial charge in [0.15, 0.2) is 0 Å². The number of carbonyl (C=O) groups is 1. The summed E-state index contributed by atoms with van der Waals surface area (Å²) in [7, 11) is 0. The zero-order valence-electron chi connectivity index (χ0n) is 12.8. The Labute approximate surface area is 117 Å². The third-order valence-corrected chi connectivity index (χ3v) is 3.32. The van der Waals surface area contributed by atoms with E-state index in [0.29, 0.717) is 0 Å². The van der Waals surface area contributed by atoms with Crippen molar-refractivity contribution in [3.63, 3.8) is 0 Å². The van der Waals surface area contributed by atoms with Crippen molar-refractivity contribution in [2.45, 2.75) is 65.8 Å². The van der Waals surface area contributed by atoms with Gasteiger partial charge in [0.25, 0.3) is 5.91 Å². The van der Waals surface area contributed by atoms with Gasteiger partial charge in [0.2, 0.25) is 0 Å². The van der Waals surface area contributed by atoms with Crippen LogP contribution in [0.2, 0.25) is 0 Å². The number of amides is 1. The molecule has 106 valence electrons. The quantitative estimate of drug-likeness (QED) is 0.730. The molecule has 0 saturated heterocycles. The third-order valence-electron chi connectivity index (χ3n) is 3.32. The summed E-state index contributed by atoms with van der Waals surface area (Å²) >= 11 is 0. The minimum Gasteiger partial charge on any atom is -0.350 e. The molecule has 2 nitrogen and oxygen atoms in total. The maximum absolute atomic E-state index is 11.9. The van der Waals surface area contributed by atoms with Crippen LogP contribution in [0.3, 0.4) is 0 Å². The minimum atomic E-state index is 0.0237. The van der Waals surface area contributed by atoms with Crippen LogP contribution >= 0.6 is 0 Å². The number of unbranched alkanes of at least 4 members (excludes halogenated alkanes) is 3. The average molecular weight is 261 g/mol. The van der Waals surface area contributed by atoms with E-state index in [0.717, 1.165) is 12.0 Å².